The fourth-order valence-corrected chi connectivity index (χ4v) is 5.70. The fourth-order valence-electron chi connectivity index (χ4n) is 4.94. The molecule has 1 fully saturated rings. The van der Waals surface area contributed by atoms with E-state index >= 15 is 0 Å². The first-order valence-electron chi connectivity index (χ1n) is 14.3. The molecule has 5 rings (SSSR count). The van der Waals surface area contributed by atoms with E-state index in [-0.39, 0.29) is 13.1 Å². The van der Waals surface area contributed by atoms with E-state index in [1.165, 1.54) is 6.33 Å². The Morgan fingerprint density at radius 3 is 2.74 bits per heavy atom. The molecule has 0 saturated carbocycles. The third kappa shape index (κ3) is 7.61. The van der Waals surface area contributed by atoms with E-state index in [0.29, 0.717) is 43.8 Å². The van der Waals surface area contributed by atoms with Crippen LogP contribution >= 0.6 is 0 Å². The molecule has 4 aromatic heterocycles. The van der Waals surface area contributed by atoms with Gasteiger partial charge in [0.25, 0.3) is 0 Å². The van der Waals surface area contributed by atoms with Crippen molar-refractivity contribution < 1.29 is 17.9 Å². The number of ether oxygens (including phenoxy) is 1. The van der Waals surface area contributed by atoms with Gasteiger partial charge in [-0.15, -0.1) is 0 Å². The zero-order valence-corrected chi connectivity index (χ0v) is 25.9. The summed E-state index contributed by atoms with van der Waals surface area (Å²) in [5.74, 6) is 1.87. The molecule has 4 aromatic rings. The Morgan fingerprint density at radius 1 is 1.14 bits per heavy atom. The monoisotopic (exact) mass is 613 g/mol. The number of halogens is 3. The Labute approximate surface area is 250 Å². The predicted molar refractivity (Wildman–Crippen MR) is 166 cm³/mol. The highest BCUT2D eigenvalue weighted by Crippen LogP contribution is 2.35. The smallest absolute Gasteiger partial charge is 0.373 e. The molecule has 0 aromatic carbocycles. The van der Waals surface area contributed by atoms with Gasteiger partial charge in [0, 0.05) is 59.3 Å². The molecular formula is C29H38F3N9OSi. The summed E-state index contributed by atoms with van der Waals surface area (Å²) >= 11 is 0. The van der Waals surface area contributed by atoms with E-state index in [1.54, 1.807) is 17.2 Å². The largest absolute Gasteiger partial charge is 0.405 e. The lowest BCUT2D eigenvalue weighted by Crippen LogP contribution is -2.57. The van der Waals surface area contributed by atoms with E-state index in [0.717, 1.165) is 34.0 Å². The van der Waals surface area contributed by atoms with Crippen LogP contribution < -0.4 is 20.9 Å². The zero-order valence-electron chi connectivity index (χ0n) is 24.9. The third-order valence-electron chi connectivity index (χ3n) is 7.33. The van der Waals surface area contributed by atoms with Crippen molar-refractivity contribution in [2.75, 3.05) is 48.8 Å². The highest BCUT2D eigenvalue weighted by atomic mass is 28.3. The second kappa shape index (κ2) is 12.9. The van der Waals surface area contributed by atoms with Gasteiger partial charge in [0.1, 0.15) is 42.2 Å². The number of piperazine rings is 1. The number of anilines is 3. The van der Waals surface area contributed by atoms with Gasteiger partial charge < -0.3 is 30.2 Å². The topological polar surface area (TPSA) is 105 Å². The molecule has 0 spiro atoms. The molecule has 1 aliphatic heterocycles. The van der Waals surface area contributed by atoms with E-state index in [4.69, 9.17) is 4.74 Å². The van der Waals surface area contributed by atoms with Gasteiger partial charge in [-0.05, 0) is 35.9 Å². The summed E-state index contributed by atoms with van der Waals surface area (Å²) in [7, 11) is 0.590. The number of fused-ring (bicyclic) bond motifs is 1. The van der Waals surface area contributed by atoms with E-state index in [1.807, 2.05) is 42.1 Å². The van der Waals surface area contributed by atoms with Crippen LogP contribution in [-0.4, -0.2) is 78.1 Å². The molecule has 0 bridgehead atoms. The predicted octanol–water partition coefficient (Wildman–Crippen LogP) is 5.19. The summed E-state index contributed by atoms with van der Waals surface area (Å²) in [5, 5.41) is 9.87. The number of pyridine rings is 2. The van der Waals surface area contributed by atoms with Crippen LogP contribution in [0.25, 0.3) is 22.2 Å². The minimum absolute atomic E-state index is 0.183. The van der Waals surface area contributed by atoms with Crippen molar-refractivity contribution in [3.05, 3.63) is 54.7 Å². The second-order valence-corrected chi connectivity index (χ2v) is 17.4. The van der Waals surface area contributed by atoms with Crippen molar-refractivity contribution in [1.82, 2.24) is 29.8 Å². The van der Waals surface area contributed by atoms with Gasteiger partial charge in [0.05, 0.1) is 17.6 Å². The number of alkyl halides is 3. The number of aromatic nitrogens is 5. The average Bonchev–Trinajstić information content (AvgIpc) is 3.37. The number of hydrogen-bond donors (Lipinski definition) is 3. The first kappa shape index (κ1) is 30.7. The standard InChI is InChI=1S/C29H38F3N9OSi/c1-33-24-14-20(8-9-35-24)22-16-41(19-42-12-13-43(2,3)4)28-26(22)27(37-18-38-28)36-15-21-6-5-7-25(39-21)40-11-10-34-23(17-40)29(30,31)32/h5-9,14,16,18,23,34H,10-13,15,17,19H2,1-4H3,(H,33,35)(H,36,37,38). The van der Waals surface area contributed by atoms with Crippen molar-refractivity contribution in [2.45, 2.75) is 51.2 Å². The molecule has 5 heterocycles. The minimum atomic E-state index is -4.31. The quantitative estimate of drug-likeness (QED) is 0.156. The molecule has 1 unspecified atom stereocenters. The third-order valence-corrected chi connectivity index (χ3v) is 9.04. The Hall–Kier alpha value is -3.75. The normalized spacial score (nSPS) is 16.1. The van der Waals surface area contributed by atoms with Crippen LogP contribution in [0, 0.1) is 0 Å². The highest BCUT2D eigenvalue weighted by Gasteiger charge is 2.42. The Bertz CT molecular complexity index is 1540. The SMILES string of the molecule is CNc1cc(-c2cn(COCC[Si](C)(C)C)c3ncnc(NCc4cccc(N5CCNC(C(F)(F)F)C5)n4)c23)ccn1. The van der Waals surface area contributed by atoms with E-state index in [9.17, 15) is 13.2 Å². The zero-order chi connectivity index (χ0) is 30.6. The average molecular weight is 614 g/mol. The number of rotatable bonds is 11. The molecule has 230 valence electrons. The molecule has 10 nitrogen and oxygen atoms in total. The molecule has 0 amide bonds. The Kier molecular flexibility index (Phi) is 9.18. The molecule has 14 heteroatoms. The van der Waals surface area contributed by atoms with Gasteiger partial charge in [0.2, 0.25) is 0 Å². The van der Waals surface area contributed by atoms with Gasteiger partial charge in [-0.2, -0.15) is 13.2 Å². The summed E-state index contributed by atoms with van der Waals surface area (Å²) in [6.45, 7) is 8.82. The fraction of sp³-hybridized carbons (Fsp3) is 0.448. The lowest BCUT2D eigenvalue weighted by atomic mass is 10.1. The van der Waals surface area contributed by atoms with Gasteiger partial charge in [0.15, 0.2) is 0 Å². The van der Waals surface area contributed by atoms with E-state index < -0.39 is 20.3 Å². The van der Waals surface area contributed by atoms with Gasteiger partial charge in [-0.3, -0.25) is 0 Å². The number of nitrogens with one attached hydrogen (secondary N) is 3. The summed E-state index contributed by atoms with van der Waals surface area (Å²) < 4.78 is 48.1. The Morgan fingerprint density at radius 2 is 1.98 bits per heavy atom. The maximum Gasteiger partial charge on any atom is 0.405 e. The lowest BCUT2D eigenvalue weighted by Gasteiger charge is -2.35. The van der Waals surface area contributed by atoms with Crippen LogP contribution in [0.4, 0.5) is 30.6 Å². The summed E-state index contributed by atoms with van der Waals surface area (Å²) in [6, 6.07) is 8.79. The minimum Gasteiger partial charge on any atom is -0.373 e. The lowest BCUT2D eigenvalue weighted by molar-refractivity contribution is -0.155. The molecule has 43 heavy (non-hydrogen) atoms. The maximum atomic E-state index is 13.3. The molecule has 0 radical (unpaired) electrons. The molecule has 3 N–H and O–H groups in total. The van der Waals surface area contributed by atoms with Crippen molar-refractivity contribution in [3.8, 4) is 11.1 Å². The summed E-state index contributed by atoms with van der Waals surface area (Å²) in [5.41, 5.74) is 3.28. The molecule has 1 saturated heterocycles. The molecule has 1 aliphatic rings. The molecule has 0 aliphatic carbocycles. The molecule has 1 atom stereocenters. The van der Waals surface area contributed by atoms with Crippen LogP contribution in [-0.2, 0) is 18.0 Å². The van der Waals surface area contributed by atoms with Crippen LogP contribution in [0.1, 0.15) is 5.69 Å². The van der Waals surface area contributed by atoms with Crippen molar-refractivity contribution in [1.29, 1.82) is 0 Å². The van der Waals surface area contributed by atoms with Crippen LogP contribution in [0.2, 0.25) is 25.7 Å². The summed E-state index contributed by atoms with van der Waals surface area (Å²) in [6.07, 6.45) is 0.974. The van der Waals surface area contributed by atoms with Crippen LogP contribution in [0.5, 0.6) is 0 Å². The van der Waals surface area contributed by atoms with Gasteiger partial charge in [-0.25, -0.2) is 19.9 Å². The van der Waals surface area contributed by atoms with Gasteiger partial charge >= 0.3 is 6.18 Å². The maximum absolute atomic E-state index is 13.3. The van der Waals surface area contributed by atoms with Crippen LogP contribution in [0.3, 0.4) is 0 Å². The van der Waals surface area contributed by atoms with Crippen molar-refractivity contribution >= 4 is 36.6 Å². The number of nitrogens with zero attached hydrogens (tertiary/aromatic N) is 6. The summed E-state index contributed by atoms with van der Waals surface area (Å²) in [4.78, 5) is 19.9. The number of hydrogen-bond acceptors (Lipinski definition) is 9. The van der Waals surface area contributed by atoms with Crippen LogP contribution in [0.15, 0.2) is 49.1 Å². The second-order valence-electron chi connectivity index (χ2n) is 11.8. The van der Waals surface area contributed by atoms with Crippen molar-refractivity contribution in [3.63, 3.8) is 0 Å². The van der Waals surface area contributed by atoms with Crippen molar-refractivity contribution in [2.24, 2.45) is 0 Å². The highest BCUT2D eigenvalue weighted by molar-refractivity contribution is 6.76. The first-order valence-corrected chi connectivity index (χ1v) is 18.0. The van der Waals surface area contributed by atoms with E-state index in [2.05, 4.69) is 55.5 Å². The molecular weight excluding hydrogens is 575 g/mol. The van der Waals surface area contributed by atoms with Gasteiger partial charge in [-0.1, -0.05) is 25.7 Å². The first-order chi connectivity index (χ1) is 20.5. The Balaban J connectivity index is 1.41.